The minimum atomic E-state index is -0.117. The summed E-state index contributed by atoms with van der Waals surface area (Å²) in [7, 11) is 3.84. The van der Waals surface area contributed by atoms with E-state index in [0.29, 0.717) is 12.4 Å². The fraction of sp³-hybridized carbons (Fsp3) is 0.231. The minimum absolute atomic E-state index is 0.117. The standard InChI is InChI=1S/C13H14N6O/c1-17(2)9-19-11-6-4-3-5-10(11)12(13(19)20)16-18-7-14-15-8-18/h3-8H,9H2,1-2H3/b16-12-. The zero-order valence-corrected chi connectivity index (χ0v) is 11.3. The Kier molecular flexibility index (Phi) is 3.03. The molecular formula is C13H14N6O. The molecule has 0 N–H and O–H groups in total. The Hall–Kier alpha value is -2.54. The SMILES string of the molecule is CN(C)CN1C(=O)/C(=N\n2cnnc2)c2ccccc21. The molecule has 2 heterocycles. The van der Waals surface area contributed by atoms with Gasteiger partial charge in [0, 0.05) is 5.56 Å². The van der Waals surface area contributed by atoms with Gasteiger partial charge in [0.2, 0.25) is 0 Å². The van der Waals surface area contributed by atoms with Crippen molar-refractivity contribution in [2.75, 3.05) is 25.7 Å². The van der Waals surface area contributed by atoms with Crippen molar-refractivity contribution in [2.24, 2.45) is 5.10 Å². The van der Waals surface area contributed by atoms with E-state index in [9.17, 15) is 4.79 Å². The Morgan fingerprint density at radius 2 is 1.90 bits per heavy atom. The number of anilines is 1. The number of hydrogen-bond donors (Lipinski definition) is 0. The zero-order chi connectivity index (χ0) is 14.1. The molecule has 20 heavy (non-hydrogen) atoms. The second-order valence-corrected chi connectivity index (χ2v) is 4.76. The van der Waals surface area contributed by atoms with E-state index in [1.807, 2.05) is 43.3 Å². The van der Waals surface area contributed by atoms with Crippen molar-refractivity contribution in [1.82, 2.24) is 19.8 Å². The quantitative estimate of drug-likeness (QED) is 0.809. The zero-order valence-electron chi connectivity index (χ0n) is 11.3. The highest BCUT2D eigenvalue weighted by atomic mass is 16.2. The average Bonchev–Trinajstić information content (AvgIpc) is 3.02. The molecule has 1 aromatic carbocycles. The van der Waals surface area contributed by atoms with E-state index in [2.05, 4.69) is 15.3 Å². The number of rotatable bonds is 3. The molecule has 7 heteroatoms. The lowest BCUT2D eigenvalue weighted by Crippen LogP contribution is -2.37. The van der Waals surface area contributed by atoms with E-state index in [0.717, 1.165) is 11.3 Å². The van der Waals surface area contributed by atoms with Gasteiger partial charge >= 0.3 is 0 Å². The number of benzene rings is 1. The summed E-state index contributed by atoms with van der Waals surface area (Å²) in [6.07, 6.45) is 2.91. The van der Waals surface area contributed by atoms with Crippen LogP contribution in [0.2, 0.25) is 0 Å². The van der Waals surface area contributed by atoms with Gasteiger partial charge in [0.05, 0.1) is 12.4 Å². The van der Waals surface area contributed by atoms with E-state index in [-0.39, 0.29) is 5.91 Å². The second kappa shape index (κ2) is 4.86. The molecule has 1 aliphatic rings. The van der Waals surface area contributed by atoms with Crippen LogP contribution in [-0.4, -0.2) is 52.2 Å². The molecule has 0 fully saturated rings. The Labute approximate surface area is 116 Å². The van der Waals surface area contributed by atoms with Gasteiger partial charge in [-0.05, 0) is 20.2 Å². The van der Waals surface area contributed by atoms with Crippen LogP contribution < -0.4 is 4.90 Å². The highest BCUT2D eigenvalue weighted by Crippen LogP contribution is 2.29. The minimum Gasteiger partial charge on any atom is -0.293 e. The van der Waals surface area contributed by atoms with Gasteiger partial charge in [-0.25, -0.2) is 4.68 Å². The highest BCUT2D eigenvalue weighted by molar-refractivity contribution is 6.54. The van der Waals surface area contributed by atoms with Gasteiger partial charge in [0.15, 0.2) is 5.71 Å². The van der Waals surface area contributed by atoms with Crippen molar-refractivity contribution in [3.05, 3.63) is 42.5 Å². The first kappa shape index (κ1) is 12.5. The smallest absolute Gasteiger partial charge is 0.280 e. The first-order chi connectivity index (χ1) is 9.66. The Morgan fingerprint density at radius 1 is 1.20 bits per heavy atom. The molecule has 0 unspecified atom stereocenters. The summed E-state index contributed by atoms with van der Waals surface area (Å²) in [5.41, 5.74) is 2.10. The number of amides is 1. The number of fused-ring (bicyclic) bond motifs is 1. The van der Waals surface area contributed by atoms with E-state index >= 15 is 0 Å². The molecule has 1 aromatic heterocycles. The van der Waals surface area contributed by atoms with Gasteiger partial charge in [0.1, 0.15) is 12.7 Å². The third-order valence-electron chi connectivity index (χ3n) is 2.94. The molecule has 1 amide bonds. The summed E-state index contributed by atoms with van der Waals surface area (Å²) in [4.78, 5) is 16.2. The molecule has 0 aliphatic carbocycles. The van der Waals surface area contributed by atoms with Crippen LogP contribution in [0.3, 0.4) is 0 Å². The Bertz CT molecular complexity index is 661. The maximum atomic E-state index is 12.5. The lowest BCUT2D eigenvalue weighted by Gasteiger charge is -2.21. The van der Waals surface area contributed by atoms with Gasteiger partial charge in [-0.2, -0.15) is 5.10 Å². The van der Waals surface area contributed by atoms with Gasteiger partial charge in [0.25, 0.3) is 5.91 Å². The van der Waals surface area contributed by atoms with Gasteiger partial charge in [-0.15, -0.1) is 10.2 Å². The maximum absolute atomic E-state index is 12.5. The third kappa shape index (κ3) is 2.08. The van der Waals surface area contributed by atoms with Crippen LogP contribution in [0.15, 0.2) is 42.0 Å². The predicted octanol–water partition coefficient (Wildman–Crippen LogP) is 0.396. The van der Waals surface area contributed by atoms with Crippen molar-refractivity contribution < 1.29 is 4.79 Å². The second-order valence-electron chi connectivity index (χ2n) is 4.76. The van der Waals surface area contributed by atoms with E-state index < -0.39 is 0 Å². The summed E-state index contributed by atoms with van der Waals surface area (Å²) < 4.78 is 1.43. The molecule has 102 valence electrons. The van der Waals surface area contributed by atoms with Gasteiger partial charge < -0.3 is 0 Å². The highest BCUT2D eigenvalue weighted by Gasteiger charge is 2.34. The summed E-state index contributed by atoms with van der Waals surface area (Å²) in [6, 6.07) is 7.63. The fourth-order valence-corrected chi connectivity index (χ4v) is 2.14. The van der Waals surface area contributed by atoms with Crippen molar-refractivity contribution >= 4 is 17.3 Å². The van der Waals surface area contributed by atoms with Crippen molar-refractivity contribution in [3.8, 4) is 0 Å². The number of aromatic nitrogens is 3. The van der Waals surface area contributed by atoms with Crippen LogP contribution in [0.4, 0.5) is 5.69 Å². The lowest BCUT2D eigenvalue weighted by atomic mass is 10.1. The summed E-state index contributed by atoms with van der Waals surface area (Å²) >= 11 is 0. The van der Waals surface area contributed by atoms with Gasteiger partial charge in [-0.1, -0.05) is 18.2 Å². The average molecular weight is 270 g/mol. The molecule has 0 radical (unpaired) electrons. The first-order valence-electron chi connectivity index (χ1n) is 6.16. The van der Waals surface area contributed by atoms with Crippen LogP contribution in [0.5, 0.6) is 0 Å². The van der Waals surface area contributed by atoms with Crippen molar-refractivity contribution in [2.45, 2.75) is 0 Å². The molecule has 0 saturated heterocycles. The van der Waals surface area contributed by atoms with Crippen LogP contribution in [0.1, 0.15) is 5.56 Å². The number of nitrogens with zero attached hydrogens (tertiary/aromatic N) is 6. The van der Waals surface area contributed by atoms with Crippen LogP contribution in [0.25, 0.3) is 0 Å². The third-order valence-corrected chi connectivity index (χ3v) is 2.94. The molecular weight excluding hydrogens is 256 g/mol. The molecule has 1 aliphatic heterocycles. The molecule has 0 atom stereocenters. The van der Waals surface area contributed by atoms with E-state index in [1.165, 1.54) is 17.3 Å². The van der Waals surface area contributed by atoms with Gasteiger partial charge in [-0.3, -0.25) is 14.6 Å². The summed E-state index contributed by atoms with van der Waals surface area (Å²) in [6.45, 7) is 0.511. The molecule has 0 spiro atoms. The van der Waals surface area contributed by atoms with Crippen molar-refractivity contribution in [1.29, 1.82) is 0 Å². The van der Waals surface area contributed by atoms with Crippen molar-refractivity contribution in [3.63, 3.8) is 0 Å². The van der Waals surface area contributed by atoms with Crippen LogP contribution in [0, 0.1) is 0 Å². The Morgan fingerprint density at radius 3 is 2.60 bits per heavy atom. The largest absolute Gasteiger partial charge is 0.293 e. The molecule has 7 nitrogen and oxygen atoms in total. The summed E-state index contributed by atoms with van der Waals surface area (Å²) in [5, 5.41) is 11.7. The van der Waals surface area contributed by atoms with Crippen LogP contribution in [-0.2, 0) is 4.79 Å². The predicted molar refractivity (Wildman–Crippen MR) is 74.4 cm³/mol. The van der Waals surface area contributed by atoms with Crippen LogP contribution >= 0.6 is 0 Å². The molecule has 0 bridgehead atoms. The first-order valence-corrected chi connectivity index (χ1v) is 6.16. The molecule has 0 saturated carbocycles. The molecule has 3 rings (SSSR count). The van der Waals surface area contributed by atoms with E-state index in [4.69, 9.17) is 0 Å². The molecule has 2 aromatic rings. The number of hydrogen-bond acceptors (Lipinski definition) is 5. The normalized spacial score (nSPS) is 16.2. The topological polar surface area (TPSA) is 66.6 Å². The Balaban J connectivity index is 2.07. The fourth-order valence-electron chi connectivity index (χ4n) is 2.14. The van der Waals surface area contributed by atoms with E-state index in [1.54, 1.807) is 4.90 Å². The summed E-state index contributed by atoms with van der Waals surface area (Å²) in [5.74, 6) is -0.117. The number of para-hydroxylation sites is 1. The monoisotopic (exact) mass is 270 g/mol. The number of carbonyl (C=O) groups excluding carboxylic acids is 1. The maximum Gasteiger partial charge on any atom is 0.280 e. The lowest BCUT2D eigenvalue weighted by molar-refractivity contribution is -0.112. The number of carbonyl (C=O) groups is 1.